The fourth-order valence-corrected chi connectivity index (χ4v) is 1.84. The van der Waals surface area contributed by atoms with Crippen molar-refractivity contribution in [3.63, 3.8) is 0 Å². The van der Waals surface area contributed by atoms with Crippen LogP contribution in [0.1, 0.15) is 13.3 Å². The molecule has 0 aliphatic rings. The number of rotatable bonds is 5. The van der Waals surface area contributed by atoms with Crippen molar-refractivity contribution in [2.45, 2.75) is 19.4 Å². The van der Waals surface area contributed by atoms with Crippen LogP contribution in [0.5, 0.6) is 0 Å². The number of pyridine rings is 1. The molecule has 5 heteroatoms. The Hall–Kier alpha value is -0.970. The van der Waals surface area contributed by atoms with Gasteiger partial charge in [0.1, 0.15) is 5.82 Å². The van der Waals surface area contributed by atoms with E-state index in [-0.39, 0.29) is 6.04 Å². The van der Waals surface area contributed by atoms with Crippen LogP contribution in [0.15, 0.2) is 18.2 Å². The summed E-state index contributed by atoms with van der Waals surface area (Å²) in [5.74, 6) is 0.666. The minimum Gasteiger partial charge on any atom is -0.367 e. The minimum absolute atomic E-state index is 0.142. The van der Waals surface area contributed by atoms with Crippen molar-refractivity contribution in [2.75, 3.05) is 17.3 Å². The summed E-state index contributed by atoms with van der Waals surface area (Å²) in [6.07, 6.45) is 2.45. The molecule has 0 amide bonds. The summed E-state index contributed by atoms with van der Waals surface area (Å²) in [5.41, 5.74) is 0. The van der Waals surface area contributed by atoms with Gasteiger partial charge in [-0.1, -0.05) is 6.07 Å². The van der Waals surface area contributed by atoms with Gasteiger partial charge in [-0.15, -0.1) is 0 Å². The van der Waals surface area contributed by atoms with Gasteiger partial charge in [-0.3, -0.25) is 4.21 Å². The molecule has 1 aromatic rings. The largest absolute Gasteiger partial charge is 0.367 e. The summed E-state index contributed by atoms with van der Waals surface area (Å²) in [6, 6.07) is 4.76. The van der Waals surface area contributed by atoms with Crippen LogP contribution in [-0.2, 0) is 10.8 Å². The van der Waals surface area contributed by atoms with Crippen LogP contribution in [-0.4, -0.2) is 27.2 Å². The molecule has 3 nitrogen and oxygen atoms in total. The molecule has 1 aromatic heterocycles. The lowest BCUT2D eigenvalue weighted by molar-refractivity contribution is 0.583. The van der Waals surface area contributed by atoms with Crippen molar-refractivity contribution in [3.8, 4) is 0 Å². The lowest BCUT2D eigenvalue weighted by Gasteiger charge is -2.13. The van der Waals surface area contributed by atoms with E-state index in [0.29, 0.717) is 11.6 Å². The van der Waals surface area contributed by atoms with Crippen molar-refractivity contribution < 1.29 is 8.60 Å². The molecule has 0 radical (unpaired) electrons. The van der Waals surface area contributed by atoms with Gasteiger partial charge in [0.15, 0.2) is 0 Å². The Morgan fingerprint density at radius 2 is 2.33 bits per heavy atom. The average molecular weight is 230 g/mol. The Kier molecular flexibility index (Phi) is 4.68. The summed E-state index contributed by atoms with van der Waals surface area (Å²) < 4.78 is 23.6. The molecule has 1 heterocycles. The number of halogens is 1. The predicted molar refractivity (Wildman–Crippen MR) is 60.8 cm³/mol. The first-order valence-corrected chi connectivity index (χ1v) is 6.50. The second-order valence-electron chi connectivity index (χ2n) is 3.46. The third-order valence-corrected chi connectivity index (χ3v) is 2.76. The predicted octanol–water partition coefficient (Wildman–Crippen LogP) is 1.79. The summed E-state index contributed by atoms with van der Waals surface area (Å²) in [7, 11) is -0.783. The van der Waals surface area contributed by atoms with E-state index in [4.69, 9.17) is 0 Å². The molecular formula is C10H15FN2OS. The van der Waals surface area contributed by atoms with Crippen molar-refractivity contribution in [3.05, 3.63) is 24.1 Å². The van der Waals surface area contributed by atoms with E-state index < -0.39 is 16.7 Å². The molecule has 0 aliphatic heterocycles. The highest BCUT2D eigenvalue weighted by Gasteiger charge is 2.04. The molecule has 0 fully saturated rings. The van der Waals surface area contributed by atoms with Crippen molar-refractivity contribution in [1.82, 2.24) is 4.98 Å². The topological polar surface area (TPSA) is 42.0 Å². The van der Waals surface area contributed by atoms with E-state index in [2.05, 4.69) is 10.3 Å². The van der Waals surface area contributed by atoms with Gasteiger partial charge in [-0.05, 0) is 25.5 Å². The van der Waals surface area contributed by atoms with Gasteiger partial charge in [-0.2, -0.15) is 4.39 Å². The first-order chi connectivity index (χ1) is 7.08. The molecule has 1 rings (SSSR count). The Balaban J connectivity index is 2.44. The summed E-state index contributed by atoms with van der Waals surface area (Å²) in [4.78, 5) is 3.69. The monoisotopic (exact) mass is 230 g/mol. The molecule has 0 saturated heterocycles. The Labute approximate surface area is 91.6 Å². The van der Waals surface area contributed by atoms with Gasteiger partial charge in [-0.25, -0.2) is 4.98 Å². The molecule has 0 spiro atoms. The molecule has 0 bridgehead atoms. The van der Waals surface area contributed by atoms with Crippen molar-refractivity contribution in [1.29, 1.82) is 0 Å². The molecule has 0 aromatic carbocycles. The second kappa shape index (κ2) is 5.80. The highest BCUT2D eigenvalue weighted by atomic mass is 32.2. The van der Waals surface area contributed by atoms with Crippen LogP contribution < -0.4 is 5.32 Å². The van der Waals surface area contributed by atoms with E-state index in [1.54, 1.807) is 18.4 Å². The van der Waals surface area contributed by atoms with Crippen LogP contribution in [0.2, 0.25) is 0 Å². The zero-order valence-electron chi connectivity index (χ0n) is 8.87. The summed E-state index contributed by atoms with van der Waals surface area (Å²) in [5, 5.41) is 3.05. The molecular weight excluding hydrogens is 215 g/mol. The van der Waals surface area contributed by atoms with Gasteiger partial charge < -0.3 is 5.32 Å². The maximum Gasteiger partial charge on any atom is 0.214 e. The quantitative estimate of drug-likeness (QED) is 0.784. The molecule has 1 N–H and O–H groups in total. The van der Waals surface area contributed by atoms with Gasteiger partial charge in [0.25, 0.3) is 0 Å². The van der Waals surface area contributed by atoms with Gasteiger partial charge in [0, 0.05) is 28.9 Å². The van der Waals surface area contributed by atoms with Crippen LogP contribution >= 0.6 is 0 Å². The fourth-order valence-electron chi connectivity index (χ4n) is 1.16. The number of nitrogens with one attached hydrogen (secondary N) is 1. The van der Waals surface area contributed by atoms with Crippen molar-refractivity contribution >= 4 is 16.6 Å². The second-order valence-corrected chi connectivity index (χ2v) is 5.01. The normalized spacial score (nSPS) is 14.6. The summed E-state index contributed by atoms with van der Waals surface area (Å²) >= 11 is 0. The van der Waals surface area contributed by atoms with Crippen LogP contribution in [0.4, 0.5) is 10.2 Å². The van der Waals surface area contributed by atoms with Gasteiger partial charge in [0.2, 0.25) is 5.95 Å². The number of nitrogens with zero attached hydrogens (tertiary/aromatic N) is 1. The van der Waals surface area contributed by atoms with E-state index >= 15 is 0 Å². The summed E-state index contributed by atoms with van der Waals surface area (Å²) in [6.45, 7) is 1.96. The first-order valence-electron chi connectivity index (χ1n) is 4.77. The van der Waals surface area contributed by atoms with Crippen LogP contribution in [0.3, 0.4) is 0 Å². The van der Waals surface area contributed by atoms with Crippen LogP contribution in [0, 0.1) is 5.95 Å². The van der Waals surface area contributed by atoms with E-state index in [1.807, 2.05) is 6.92 Å². The van der Waals surface area contributed by atoms with Crippen LogP contribution in [0.25, 0.3) is 0 Å². The molecule has 0 saturated carbocycles. The SMILES string of the molecule is CC(CCS(C)=O)Nc1cccc(F)n1. The van der Waals surface area contributed by atoms with Gasteiger partial charge >= 0.3 is 0 Å². The highest BCUT2D eigenvalue weighted by molar-refractivity contribution is 7.84. The Bertz CT molecular complexity index is 346. The number of anilines is 1. The lowest BCUT2D eigenvalue weighted by atomic mass is 10.2. The standard InChI is InChI=1S/C10H15FN2OS/c1-8(6-7-15(2)14)12-10-5-3-4-9(11)13-10/h3-5,8H,6-7H2,1-2H3,(H,12,13). The molecule has 0 aliphatic carbocycles. The number of aromatic nitrogens is 1. The van der Waals surface area contributed by atoms with Crippen molar-refractivity contribution in [2.24, 2.45) is 0 Å². The van der Waals surface area contributed by atoms with Gasteiger partial charge in [0.05, 0.1) is 0 Å². The average Bonchev–Trinajstić information content (AvgIpc) is 2.15. The third-order valence-electron chi connectivity index (χ3n) is 1.95. The molecule has 2 atom stereocenters. The Morgan fingerprint density at radius 1 is 1.60 bits per heavy atom. The fraction of sp³-hybridized carbons (Fsp3) is 0.500. The first kappa shape index (κ1) is 12.1. The molecule has 15 heavy (non-hydrogen) atoms. The molecule has 84 valence electrons. The lowest BCUT2D eigenvalue weighted by Crippen LogP contribution is -2.18. The highest BCUT2D eigenvalue weighted by Crippen LogP contribution is 2.07. The van der Waals surface area contributed by atoms with E-state index in [1.165, 1.54) is 6.07 Å². The van der Waals surface area contributed by atoms with E-state index in [0.717, 1.165) is 6.42 Å². The molecule has 2 unspecified atom stereocenters. The maximum atomic E-state index is 12.7. The zero-order valence-corrected chi connectivity index (χ0v) is 9.68. The third kappa shape index (κ3) is 4.88. The zero-order chi connectivity index (χ0) is 11.3. The minimum atomic E-state index is -0.783. The smallest absolute Gasteiger partial charge is 0.214 e. The van der Waals surface area contributed by atoms with E-state index in [9.17, 15) is 8.60 Å². The number of hydrogen-bond acceptors (Lipinski definition) is 3. The number of hydrogen-bond donors (Lipinski definition) is 1. The maximum absolute atomic E-state index is 12.7. The Morgan fingerprint density at radius 3 is 2.93 bits per heavy atom.